The van der Waals surface area contributed by atoms with Gasteiger partial charge in [-0.05, 0) is 30.5 Å². The summed E-state index contributed by atoms with van der Waals surface area (Å²) in [4.78, 5) is 23.3. The van der Waals surface area contributed by atoms with Crippen molar-refractivity contribution in [3.05, 3.63) is 29.8 Å². The average Bonchev–Trinajstić information content (AvgIpc) is 2.70. The number of nitrogens with one attached hydrogen (secondary N) is 1. The van der Waals surface area contributed by atoms with Gasteiger partial charge in [0.25, 0.3) is 0 Å². The summed E-state index contributed by atoms with van der Waals surface area (Å²) in [6, 6.07) is 5.22. The largest absolute Gasteiger partial charge is 1.00 e. The fourth-order valence-corrected chi connectivity index (χ4v) is 3.45. The van der Waals surface area contributed by atoms with Crippen LogP contribution in [0.2, 0.25) is 0 Å². The van der Waals surface area contributed by atoms with E-state index >= 15 is 0 Å². The number of hydrogen-bond acceptors (Lipinski definition) is 4. The molecule has 2 N–H and O–H groups in total. The smallest absolute Gasteiger partial charge is 0.548 e. The van der Waals surface area contributed by atoms with E-state index in [9.17, 15) is 19.8 Å². The molecule has 30 heavy (non-hydrogen) atoms. The molecule has 0 saturated carbocycles. The number of amides is 1. The van der Waals surface area contributed by atoms with E-state index in [1.807, 2.05) is 0 Å². The van der Waals surface area contributed by atoms with E-state index in [2.05, 4.69) is 12.2 Å². The first-order chi connectivity index (χ1) is 14.0. The van der Waals surface area contributed by atoms with Gasteiger partial charge in [0.15, 0.2) is 0 Å². The van der Waals surface area contributed by atoms with Gasteiger partial charge < -0.3 is 20.3 Å². The van der Waals surface area contributed by atoms with Gasteiger partial charge in [0.05, 0.1) is 12.0 Å². The minimum Gasteiger partial charge on any atom is -0.548 e. The molecular formula is C24H38NNaO4. The summed E-state index contributed by atoms with van der Waals surface area (Å²) in [5.41, 5.74) is 0.725. The minimum atomic E-state index is -1.29. The van der Waals surface area contributed by atoms with Gasteiger partial charge >= 0.3 is 29.6 Å². The number of hydrogen-bond donors (Lipinski definition) is 2. The number of carboxylic acid groups (broad SMARTS) is 1. The van der Waals surface area contributed by atoms with Crippen LogP contribution < -0.4 is 40.0 Å². The van der Waals surface area contributed by atoms with Crippen molar-refractivity contribution >= 4 is 11.9 Å². The molecule has 0 unspecified atom stereocenters. The first-order valence-electron chi connectivity index (χ1n) is 11.3. The number of carboxylic acids is 1. The van der Waals surface area contributed by atoms with Gasteiger partial charge in [-0.1, -0.05) is 89.7 Å². The molecule has 0 saturated heterocycles. The fraction of sp³-hybridized carbons (Fsp3) is 0.667. The van der Waals surface area contributed by atoms with E-state index in [1.165, 1.54) is 69.9 Å². The van der Waals surface area contributed by atoms with Crippen LogP contribution in [0.25, 0.3) is 0 Å². The first-order valence-corrected chi connectivity index (χ1v) is 11.3. The number of aromatic hydroxyl groups is 1. The second-order valence-electron chi connectivity index (χ2n) is 7.95. The van der Waals surface area contributed by atoms with E-state index in [0.29, 0.717) is 6.42 Å². The van der Waals surface area contributed by atoms with Crippen molar-refractivity contribution in [2.75, 3.05) is 0 Å². The van der Waals surface area contributed by atoms with Gasteiger partial charge in [-0.2, -0.15) is 0 Å². The fourth-order valence-electron chi connectivity index (χ4n) is 3.45. The standard InChI is InChI=1S/C24H39NO4.Na/c1-2-3-4-5-6-7-8-9-10-11-12-13-14-23(27)25-22(24(28)29)19-20-15-17-21(26)18-16-20;/h15-18,22,26H,2-14,19H2,1H3,(H,25,27)(H,28,29);/q;+1/p-1/t22-;/m0./s1. The van der Waals surface area contributed by atoms with Gasteiger partial charge in [0.2, 0.25) is 5.91 Å². The number of phenols is 1. The van der Waals surface area contributed by atoms with Crippen LogP contribution in [0.5, 0.6) is 5.75 Å². The number of unbranched alkanes of at least 4 members (excludes halogenated alkanes) is 11. The van der Waals surface area contributed by atoms with Crippen molar-refractivity contribution in [1.82, 2.24) is 5.32 Å². The Labute approximate surface area is 204 Å². The molecule has 0 bridgehead atoms. The second-order valence-corrected chi connectivity index (χ2v) is 7.95. The van der Waals surface area contributed by atoms with Crippen LogP contribution in [-0.2, 0) is 16.0 Å². The van der Waals surface area contributed by atoms with Crippen molar-refractivity contribution in [3.8, 4) is 5.75 Å². The molecule has 0 aliphatic rings. The zero-order valence-corrected chi connectivity index (χ0v) is 21.0. The number of aliphatic carboxylic acids is 1. The molecule has 0 heterocycles. The Bertz CT molecular complexity index is 577. The Kier molecular flexibility index (Phi) is 18.1. The summed E-state index contributed by atoms with van der Waals surface area (Å²) in [7, 11) is 0. The van der Waals surface area contributed by atoms with E-state index in [4.69, 9.17) is 0 Å². The Morgan fingerprint density at radius 2 is 1.33 bits per heavy atom. The molecule has 1 rings (SSSR count). The SMILES string of the molecule is CCCCCCCCCCCCCCC(=O)N[C@@H](Cc1ccc(O)cc1)C(=O)[O-].[Na+]. The normalized spacial score (nSPS) is 11.5. The van der Waals surface area contributed by atoms with Gasteiger partial charge in [-0.3, -0.25) is 4.79 Å². The van der Waals surface area contributed by atoms with Crippen LogP contribution >= 0.6 is 0 Å². The van der Waals surface area contributed by atoms with E-state index in [1.54, 1.807) is 12.1 Å². The molecule has 1 aromatic carbocycles. The zero-order valence-electron chi connectivity index (χ0n) is 19.0. The molecule has 0 aliphatic carbocycles. The third-order valence-corrected chi connectivity index (χ3v) is 5.25. The Morgan fingerprint density at radius 1 is 0.867 bits per heavy atom. The molecule has 0 aromatic heterocycles. The van der Waals surface area contributed by atoms with Gasteiger partial charge in [0, 0.05) is 6.42 Å². The zero-order chi connectivity index (χ0) is 21.3. The Balaban J connectivity index is 0.00000841. The van der Waals surface area contributed by atoms with Crippen molar-refractivity contribution in [3.63, 3.8) is 0 Å². The van der Waals surface area contributed by atoms with Crippen molar-refractivity contribution < 1.29 is 49.4 Å². The number of carbonyl (C=O) groups is 2. The van der Waals surface area contributed by atoms with Crippen LogP contribution in [0.1, 0.15) is 96.0 Å². The molecule has 164 valence electrons. The third kappa shape index (κ3) is 14.9. The third-order valence-electron chi connectivity index (χ3n) is 5.25. The number of rotatable bonds is 17. The molecule has 0 aliphatic heterocycles. The maximum absolute atomic E-state index is 12.0. The predicted octanol–water partition coefficient (Wildman–Crippen LogP) is 1.26. The number of phenolic OH excluding ortho intramolecular Hbond substituents is 1. The number of benzene rings is 1. The van der Waals surface area contributed by atoms with Gasteiger partial charge in [-0.15, -0.1) is 0 Å². The predicted molar refractivity (Wildman–Crippen MR) is 114 cm³/mol. The molecular weight excluding hydrogens is 389 g/mol. The summed E-state index contributed by atoms with van der Waals surface area (Å²) in [5.74, 6) is -1.42. The van der Waals surface area contributed by atoms with Crippen LogP contribution in [0.15, 0.2) is 24.3 Å². The maximum Gasteiger partial charge on any atom is 1.00 e. The summed E-state index contributed by atoms with van der Waals surface area (Å²) >= 11 is 0. The topological polar surface area (TPSA) is 89.5 Å². The van der Waals surface area contributed by atoms with E-state index < -0.39 is 12.0 Å². The Hall–Kier alpha value is -1.04. The van der Waals surface area contributed by atoms with Crippen LogP contribution in [-0.4, -0.2) is 23.0 Å². The molecule has 5 nitrogen and oxygen atoms in total. The maximum atomic E-state index is 12.0. The van der Waals surface area contributed by atoms with E-state index in [0.717, 1.165) is 24.8 Å². The van der Waals surface area contributed by atoms with Crippen molar-refractivity contribution in [2.24, 2.45) is 0 Å². The quantitative estimate of drug-likeness (QED) is 0.289. The second kappa shape index (κ2) is 18.7. The minimum absolute atomic E-state index is 0. The summed E-state index contributed by atoms with van der Waals surface area (Å²) in [6.45, 7) is 2.24. The molecule has 0 spiro atoms. The van der Waals surface area contributed by atoms with Crippen LogP contribution in [0.4, 0.5) is 0 Å². The summed E-state index contributed by atoms with van der Waals surface area (Å²) in [6.07, 6.45) is 15.2. The van der Waals surface area contributed by atoms with Crippen LogP contribution in [0, 0.1) is 0 Å². The van der Waals surface area contributed by atoms with Crippen molar-refractivity contribution in [2.45, 2.75) is 103 Å². The number of carbonyl (C=O) groups excluding carboxylic acids is 2. The van der Waals surface area contributed by atoms with Crippen molar-refractivity contribution in [1.29, 1.82) is 0 Å². The molecule has 0 radical (unpaired) electrons. The van der Waals surface area contributed by atoms with Crippen LogP contribution in [0.3, 0.4) is 0 Å². The summed E-state index contributed by atoms with van der Waals surface area (Å²) < 4.78 is 0. The first kappa shape index (κ1) is 29.0. The average molecular weight is 428 g/mol. The van der Waals surface area contributed by atoms with Gasteiger partial charge in [-0.25, -0.2) is 0 Å². The summed E-state index contributed by atoms with van der Waals surface area (Å²) in [5, 5.41) is 23.1. The molecule has 0 fully saturated rings. The molecule has 1 aromatic rings. The van der Waals surface area contributed by atoms with E-state index in [-0.39, 0.29) is 47.6 Å². The monoisotopic (exact) mass is 427 g/mol. The molecule has 6 heteroatoms. The molecule has 1 atom stereocenters. The van der Waals surface area contributed by atoms with Gasteiger partial charge in [0.1, 0.15) is 5.75 Å². The Morgan fingerprint density at radius 3 is 1.80 bits per heavy atom. The molecule has 1 amide bonds.